The van der Waals surface area contributed by atoms with Gasteiger partial charge >= 0.3 is 0 Å². The van der Waals surface area contributed by atoms with Crippen LogP contribution >= 0.6 is 0 Å². The van der Waals surface area contributed by atoms with Crippen molar-refractivity contribution < 1.29 is 0 Å². The highest BCUT2D eigenvalue weighted by atomic mass is 14.8. The second-order valence-electron chi connectivity index (χ2n) is 4.09. The molecular weight excluding hydrogens is 96.1 g/mol. The molecule has 0 aromatic rings. The Labute approximate surface area is 50.3 Å². The highest BCUT2D eigenvalue weighted by Crippen LogP contribution is 2.85. The monoisotopic (exact) mass is 108 g/mol. The van der Waals surface area contributed by atoms with Crippen LogP contribution in [0.25, 0.3) is 0 Å². The molecule has 0 spiro atoms. The van der Waals surface area contributed by atoms with E-state index >= 15 is 0 Å². The van der Waals surface area contributed by atoms with Crippen LogP contribution in [-0.4, -0.2) is 0 Å². The van der Waals surface area contributed by atoms with E-state index in [0.29, 0.717) is 0 Å². The van der Waals surface area contributed by atoms with Crippen molar-refractivity contribution in [1.82, 2.24) is 0 Å². The lowest BCUT2D eigenvalue weighted by atomic mass is 9.77. The van der Waals surface area contributed by atoms with Crippen LogP contribution in [0.15, 0.2) is 0 Å². The van der Waals surface area contributed by atoms with E-state index in [0.717, 1.165) is 10.8 Å². The van der Waals surface area contributed by atoms with Crippen molar-refractivity contribution in [1.29, 1.82) is 0 Å². The van der Waals surface area contributed by atoms with Gasteiger partial charge in [-0.25, -0.2) is 0 Å². The Balaban J connectivity index is 2.09. The molecule has 44 valence electrons. The van der Waals surface area contributed by atoms with E-state index in [1.807, 2.05) is 0 Å². The molecule has 0 aromatic carbocycles. The van der Waals surface area contributed by atoms with Crippen molar-refractivity contribution in [3.63, 3.8) is 0 Å². The number of hydrogen-bond donors (Lipinski definition) is 0. The molecule has 2 atom stereocenters. The van der Waals surface area contributed by atoms with Gasteiger partial charge in [0.15, 0.2) is 0 Å². The van der Waals surface area contributed by atoms with Gasteiger partial charge in [-0.2, -0.15) is 0 Å². The fourth-order valence-corrected chi connectivity index (χ4v) is 3.33. The van der Waals surface area contributed by atoms with Crippen LogP contribution in [-0.2, 0) is 0 Å². The molecule has 3 saturated carbocycles. The Bertz CT molecular complexity index is 126. The molecule has 8 heavy (non-hydrogen) atoms. The maximum Gasteiger partial charge on any atom is -0.0235 e. The molecule has 3 rings (SSSR count). The zero-order chi connectivity index (χ0) is 5.24. The molecule has 3 fully saturated rings. The van der Waals surface area contributed by atoms with Crippen LogP contribution in [0.2, 0.25) is 0 Å². The SMILES string of the molecule is C1C[C@@]23CC[C@]2(C1)C3. The van der Waals surface area contributed by atoms with Crippen LogP contribution in [0.4, 0.5) is 0 Å². The summed E-state index contributed by atoms with van der Waals surface area (Å²) in [4.78, 5) is 0. The molecule has 0 unspecified atom stereocenters. The maximum atomic E-state index is 1.62. The molecule has 3 aliphatic carbocycles. The van der Waals surface area contributed by atoms with Crippen molar-refractivity contribution >= 4 is 0 Å². The van der Waals surface area contributed by atoms with Gasteiger partial charge in [0.1, 0.15) is 0 Å². The van der Waals surface area contributed by atoms with Crippen molar-refractivity contribution in [2.75, 3.05) is 0 Å². The highest BCUT2D eigenvalue weighted by molar-refractivity contribution is 5.24. The van der Waals surface area contributed by atoms with Gasteiger partial charge in [-0.3, -0.25) is 0 Å². The minimum Gasteiger partial charge on any atom is -0.0522 e. The smallest absolute Gasteiger partial charge is 0.0235 e. The summed E-state index contributed by atoms with van der Waals surface area (Å²) in [5.41, 5.74) is 1.96. The van der Waals surface area contributed by atoms with Crippen molar-refractivity contribution in [3.05, 3.63) is 0 Å². The minimum absolute atomic E-state index is 0.979. The van der Waals surface area contributed by atoms with Crippen LogP contribution < -0.4 is 0 Å². The van der Waals surface area contributed by atoms with Gasteiger partial charge < -0.3 is 0 Å². The fraction of sp³-hybridized carbons (Fsp3) is 1.00. The Morgan fingerprint density at radius 3 is 1.62 bits per heavy atom. The van der Waals surface area contributed by atoms with E-state index in [9.17, 15) is 0 Å². The summed E-state index contributed by atoms with van der Waals surface area (Å²) in [5.74, 6) is 0. The predicted molar refractivity (Wildman–Crippen MR) is 32.6 cm³/mol. The van der Waals surface area contributed by atoms with Gasteiger partial charge in [-0.05, 0) is 42.9 Å². The fourth-order valence-electron chi connectivity index (χ4n) is 3.33. The summed E-state index contributed by atoms with van der Waals surface area (Å²) in [6.45, 7) is 0. The number of hydrogen-bond acceptors (Lipinski definition) is 0. The van der Waals surface area contributed by atoms with Crippen LogP contribution in [0, 0.1) is 10.8 Å². The van der Waals surface area contributed by atoms with E-state index in [1.54, 1.807) is 38.5 Å². The molecule has 0 N–H and O–H groups in total. The molecule has 0 amide bonds. The Hall–Kier alpha value is 0. The summed E-state index contributed by atoms with van der Waals surface area (Å²) < 4.78 is 0. The predicted octanol–water partition coefficient (Wildman–Crippen LogP) is 2.34. The summed E-state index contributed by atoms with van der Waals surface area (Å²) >= 11 is 0. The topological polar surface area (TPSA) is 0 Å². The lowest BCUT2D eigenvalue weighted by Gasteiger charge is -2.28. The van der Waals surface area contributed by atoms with Gasteiger partial charge in [0.2, 0.25) is 0 Å². The Morgan fingerprint density at radius 1 is 0.750 bits per heavy atom. The minimum atomic E-state index is 0.979. The molecule has 0 radical (unpaired) electrons. The standard InChI is InChI=1S/C8H12/c1-2-7-4-5-8(7,3-1)6-7/h1-6H2/t7-,8+. The second-order valence-corrected chi connectivity index (χ2v) is 4.09. The second kappa shape index (κ2) is 0.778. The zero-order valence-electron chi connectivity index (χ0n) is 5.24. The average molecular weight is 108 g/mol. The third kappa shape index (κ3) is 0.191. The van der Waals surface area contributed by atoms with Crippen molar-refractivity contribution in [2.24, 2.45) is 10.8 Å². The summed E-state index contributed by atoms with van der Waals surface area (Å²) in [6, 6.07) is 0. The first kappa shape index (κ1) is 3.92. The Morgan fingerprint density at radius 2 is 1.38 bits per heavy atom. The zero-order valence-corrected chi connectivity index (χ0v) is 5.24. The van der Waals surface area contributed by atoms with Crippen molar-refractivity contribution in [3.8, 4) is 0 Å². The average Bonchev–Trinajstić information content (AvgIpc) is 2.14. The highest BCUT2D eigenvalue weighted by Gasteiger charge is 2.74. The summed E-state index contributed by atoms with van der Waals surface area (Å²) in [5, 5.41) is 0. The van der Waals surface area contributed by atoms with Gasteiger partial charge in [0, 0.05) is 0 Å². The van der Waals surface area contributed by atoms with Gasteiger partial charge in [0.25, 0.3) is 0 Å². The van der Waals surface area contributed by atoms with Crippen LogP contribution in [0.3, 0.4) is 0 Å². The van der Waals surface area contributed by atoms with Gasteiger partial charge in [-0.15, -0.1) is 0 Å². The first-order valence-electron chi connectivity index (χ1n) is 3.87. The Kier molecular flexibility index (Phi) is 0.381. The molecule has 0 aromatic heterocycles. The van der Waals surface area contributed by atoms with E-state index < -0.39 is 0 Å². The molecule has 0 bridgehead atoms. The third-order valence-electron chi connectivity index (χ3n) is 4.07. The lowest BCUT2D eigenvalue weighted by molar-refractivity contribution is 0.219. The molecule has 0 nitrogen and oxygen atoms in total. The molecular formula is C8H12. The van der Waals surface area contributed by atoms with Crippen LogP contribution in [0.1, 0.15) is 38.5 Å². The first-order valence-corrected chi connectivity index (χ1v) is 3.87. The normalized spacial score (nSPS) is 66.0. The van der Waals surface area contributed by atoms with E-state index in [1.165, 1.54) is 0 Å². The van der Waals surface area contributed by atoms with Crippen molar-refractivity contribution in [2.45, 2.75) is 38.5 Å². The van der Waals surface area contributed by atoms with E-state index in [4.69, 9.17) is 0 Å². The number of rotatable bonds is 0. The van der Waals surface area contributed by atoms with E-state index in [2.05, 4.69) is 0 Å². The molecule has 0 saturated heterocycles. The molecule has 0 heteroatoms. The summed E-state index contributed by atoms with van der Waals surface area (Å²) in [7, 11) is 0. The molecule has 0 aliphatic heterocycles. The maximum absolute atomic E-state index is 1.62. The van der Waals surface area contributed by atoms with Gasteiger partial charge in [-0.1, -0.05) is 6.42 Å². The lowest BCUT2D eigenvalue weighted by Crippen LogP contribution is -2.18. The largest absolute Gasteiger partial charge is 0.0522 e. The quantitative estimate of drug-likeness (QED) is 0.447. The molecule has 3 aliphatic rings. The summed E-state index contributed by atoms with van der Waals surface area (Å²) in [6.07, 6.45) is 9.54. The first-order chi connectivity index (χ1) is 3.87. The van der Waals surface area contributed by atoms with E-state index in [-0.39, 0.29) is 0 Å². The third-order valence-corrected chi connectivity index (χ3v) is 4.07. The molecule has 0 heterocycles. The van der Waals surface area contributed by atoms with Gasteiger partial charge in [0.05, 0.1) is 0 Å². The van der Waals surface area contributed by atoms with Crippen LogP contribution in [0.5, 0.6) is 0 Å².